The maximum absolute atomic E-state index is 13.6. The van der Waals surface area contributed by atoms with Crippen LogP contribution in [0.3, 0.4) is 0 Å². The average molecular weight is 486 g/mol. The van der Waals surface area contributed by atoms with Gasteiger partial charge >= 0.3 is 0 Å². The first kappa shape index (κ1) is 24.4. The Kier molecular flexibility index (Phi) is 8.07. The zero-order chi connectivity index (χ0) is 24.6. The van der Waals surface area contributed by atoms with E-state index in [0.29, 0.717) is 35.2 Å². The molecule has 0 fully saturated rings. The van der Waals surface area contributed by atoms with Crippen molar-refractivity contribution in [1.29, 1.82) is 0 Å². The normalized spacial score (nSPS) is 11.5. The number of ether oxygens (including phenoxy) is 2. The molecular weight excluding hydrogens is 458 g/mol. The predicted molar refractivity (Wildman–Crippen MR) is 140 cm³/mol. The molecule has 4 rings (SSSR count). The second-order valence-electron chi connectivity index (χ2n) is 8.29. The van der Waals surface area contributed by atoms with Crippen molar-refractivity contribution in [2.45, 2.75) is 26.1 Å². The smallest absolute Gasteiger partial charge is 0.254 e. The lowest BCUT2D eigenvalue weighted by molar-refractivity contribution is 0.0674. The summed E-state index contributed by atoms with van der Waals surface area (Å²) in [4.78, 5) is 15.5. The average Bonchev–Trinajstić information content (AvgIpc) is 2.91. The molecule has 0 heterocycles. The molecule has 0 saturated heterocycles. The van der Waals surface area contributed by atoms with Gasteiger partial charge in [0.2, 0.25) is 0 Å². The highest BCUT2D eigenvalue weighted by atomic mass is 35.5. The third-order valence-electron chi connectivity index (χ3n) is 5.92. The molecule has 4 nitrogen and oxygen atoms in total. The van der Waals surface area contributed by atoms with Crippen molar-refractivity contribution in [3.63, 3.8) is 0 Å². The van der Waals surface area contributed by atoms with E-state index in [2.05, 4.69) is 0 Å². The summed E-state index contributed by atoms with van der Waals surface area (Å²) in [5.74, 6) is 1.22. The van der Waals surface area contributed by atoms with E-state index in [0.717, 1.165) is 16.7 Å². The van der Waals surface area contributed by atoms with Crippen molar-refractivity contribution in [2.75, 3.05) is 7.11 Å². The molecular formula is C30H28ClNO3. The molecule has 35 heavy (non-hydrogen) atoms. The molecule has 0 N–H and O–H groups in total. The molecule has 5 heteroatoms. The van der Waals surface area contributed by atoms with E-state index in [1.54, 1.807) is 31.4 Å². The highest BCUT2D eigenvalue weighted by molar-refractivity contribution is 6.30. The number of nitrogens with zero attached hydrogens (tertiary/aromatic N) is 1. The molecule has 4 aromatic carbocycles. The number of rotatable bonds is 9. The number of amides is 1. The summed E-state index contributed by atoms with van der Waals surface area (Å²) >= 11 is 6.05. The van der Waals surface area contributed by atoms with Crippen LogP contribution >= 0.6 is 11.6 Å². The number of carbonyl (C=O) groups is 1. The quantitative estimate of drug-likeness (QED) is 0.249. The van der Waals surface area contributed by atoms with Crippen LogP contribution in [0.25, 0.3) is 0 Å². The second kappa shape index (κ2) is 11.6. The van der Waals surface area contributed by atoms with Gasteiger partial charge in [-0.05, 0) is 60.0 Å². The molecule has 0 aliphatic heterocycles. The van der Waals surface area contributed by atoms with Crippen molar-refractivity contribution in [2.24, 2.45) is 0 Å². The summed E-state index contributed by atoms with van der Waals surface area (Å²) in [6.45, 7) is 2.87. The third-order valence-corrected chi connectivity index (χ3v) is 6.17. The van der Waals surface area contributed by atoms with E-state index in [-0.39, 0.29) is 11.9 Å². The number of benzene rings is 4. The summed E-state index contributed by atoms with van der Waals surface area (Å²) in [6, 6.07) is 32.7. The lowest BCUT2D eigenvalue weighted by atomic mass is 10.0. The number of halogens is 1. The van der Waals surface area contributed by atoms with Crippen molar-refractivity contribution in [3.8, 4) is 11.5 Å². The van der Waals surface area contributed by atoms with Gasteiger partial charge < -0.3 is 14.4 Å². The molecule has 0 spiro atoms. The van der Waals surface area contributed by atoms with Crippen molar-refractivity contribution < 1.29 is 14.3 Å². The minimum atomic E-state index is -0.143. The van der Waals surface area contributed by atoms with Gasteiger partial charge in [-0.25, -0.2) is 0 Å². The highest BCUT2D eigenvalue weighted by Gasteiger charge is 2.23. The second-order valence-corrected chi connectivity index (χ2v) is 8.72. The molecule has 0 radical (unpaired) electrons. The monoisotopic (exact) mass is 485 g/mol. The Morgan fingerprint density at radius 2 is 1.49 bits per heavy atom. The Bertz CT molecular complexity index is 1240. The van der Waals surface area contributed by atoms with E-state index in [9.17, 15) is 4.79 Å². The molecule has 0 bridgehead atoms. The van der Waals surface area contributed by atoms with Crippen molar-refractivity contribution >= 4 is 17.5 Å². The van der Waals surface area contributed by atoms with Crippen LogP contribution in [0.15, 0.2) is 103 Å². The largest absolute Gasteiger partial charge is 0.493 e. The summed E-state index contributed by atoms with van der Waals surface area (Å²) < 4.78 is 11.6. The lowest BCUT2D eigenvalue weighted by Gasteiger charge is -2.30. The van der Waals surface area contributed by atoms with Crippen molar-refractivity contribution in [3.05, 3.63) is 130 Å². The molecule has 0 aliphatic rings. The van der Waals surface area contributed by atoms with Gasteiger partial charge in [-0.3, -0.25) is 4.79 Å². The fourth-order valence-electron chi connectivity index (χ4n) is 3.92. The molecule has 1 unspecified atom stereocenters. The molecule has 0 aliphatic carbocycles. The first-order valence-electron chi connectivity index (χ1n) is 11.5. The molecule has 4 aromatic rings. The van der Waals surface area contributed by atoms with Gasteiger partial charge in [-0.15, -0.1) is 0 Å². The summed E-state index contributed by atoms with van der Waals surface area (Å²) in [5.41, 5.74) is 3.66. The minimum absolute atomic E-state index is 0.0689. The Hall–Kier alpha value is -3.76. The van der Waals surface area contributed by atoms with Gasteiger partial charge in [0.05, 0.1) is 13.2 Å². The van der Waals surface area contributed by atoms with Gasteiger partial charge in [0.25, 0.3) is 5.91 Å². The van der Waals surface area contributed by atoms with Crippen LogP contribution in [0.4, 0.5) is 0 Å². The Morgan fingerprint density at radius 3 is 2.14 bits per heavy atom. The molecule has 1 atom stereocenters. The number of hydrogen-bond acceptors (Lipinski definition) is 3. The lowest BCUT2D eigenvalue weighted by Crippen LogP contribution is -2.33. The maximum atomic E-state index is 13.6. The van der Waals surface area contributed by atoms with Crippen LogP contribution in [0.5, 0.6) is 11.5 Å². The SMILES string of the molecule is COc1ccc(CN(C(=O)c2ccc(Cl)cc2)C(C)c2ccccc2)cc1OCc1ccccc1. The van der Waals surface area contributed by atoms with E-state index in [1.807, 2.05) is 90.7 Å². The zero-order valence-corrected chi connectivity index (χ0v) is 20.6. The van der Waals surface area contributed by atoms with Crippen LogP contribution in [0.1, 0.15) is 40.0 Å². The standard InChI is InChI=1S/C30H28ClNO3/c1-22(25-11-7-4-8-12-25)32(30(33)26-14-16-27(31)17-15-26)20-24-13-18-28(34-2)29(19-24)35-21-23-9-5-3-6-10-23/h3-19,22H,20-21H2,1-2H3. The third kappa shape index (κ3) is 6.23. The predicted octanol–water partition coefficient (Wildman–Crippen LogP) is 7.33. The van der Waals surface area contributed by atoms with Gasteiger partial charge in [-0.1, -0.05) is 78.3 Å². The van der Waals surface area contributed by atoms with Crippen molar-refractivity contribution in [1.82, 2.24) is 4.90 Å². The molecule has 0 saturated carbocycles. The number of methoxy groups -OCH3 is 1. The van der Waals surface area contributed by atoms with Gasteiger partial charge in [0.1, 0.15) is 6.61 Å². The first-order chi connectivity index (χ1) is 17.0. The van der Waals surface area contributed by atoms with Crippen LogP contribution in [-0.2, 0) is 13.2 Å². The minimum Gasteiger partial charge on any atom is -0.493 e. The Morgan fingerprint density at radius 1 is 0.829 bits per heavy atom. The fraction of sp³-hybridized carbons (Fsp3) is 0.167. The van der Waals surface area contributed by atoms with Crippen LogP contribution < -0.4 is 9.47 Å². The van der Waals surface area contributed by atoms with Gasteiger partial charge in [-0.2, -0.15) is 0 Å². The van der Waals surface area contributed by atoms with E-state index >= 15 is 0 Å². The number of carbonyl (C=O) groups excluding carboxylic acids is 1. The molecule has 178 valence electrons. The van der Waals surface area contributed by atoms with Gasteiger partial charge in [0, 0.05) is 17.1 Å². The van der Waals surface area contributed by atoms with Crippen LogP contribution in [0.2, 0.25) is 5.02 Å². The fourth-order valence-corrected chi connectivity index (χ4v) is 4.04. The summed E-state index contributed by atoms with van der Waals surface area (Å²) in [6.07, 6.45) is 0. The number of hydrogen-bond donors (Lipinski definition) is 0. The molecule has 1 amide bonds. The summed E-state index contributed by atoms with van der Waals surface area (Å²) in [7, 11) is 1.62. The van der Waals surface area contributed by atoms with Crippen LogP contribution in [-0.4, -0.2) is 17.9 Å². The van der Waals surface area contributed by atoms with Gasteiger partial charge in [0.15, 0.2) is 11.5 Å². The summed E-state index contributed by atoms with van der Waals surface area (Å²) in [5, 5.41) is 0.597. The van der Waals surface area contributed by atoms with E-state index in [4.69, 9.17) is 21.1 Å². The zero-order valence-electron chi connectivity index (χ0n) is 19.9. The Balaban J connectivity index is 1.62. The molecule has 0 aromatic heterocycles. The first-order valence-corrected chi connectivity index (χ1v) is 11.9. The highest BCUT2D eigenvalue weighted by Crippen LogP contribution is 2.31. The van der Waals surface area contributed by atoms with E-state index in [1.165, 1.54) is 0 Å². The Labute approximate surface area is 211 Å². The topological polar surface area (TPSA) is 38.8 Å². The van der Waals surface area contributed by atoms with Crippen LogP contribution in [0, 0.1) is 0 Å². The van der Waals surface area contributed by atoms with E-state index < -0.39 is 0 Å². The maximum Gasteiger partial charge on any atom is 0.254 e.